The molecule has 88 valence electrons. The number of hydrogen-bond acceptors (Lipinski definition) is 2. The number of halogens is 2. The van der Waals surface area contributed by atoms with E-state index in [2.05, 4.69) is 4.90 Å². The number of nitrogens with zero attached hydrogens (tertiary/aromatic N) is 1. The molecule has 1 saturated heterocycles. The van der Waals surface area contributed by atoms with Crippen molar-refractivity contribution >= 4 is 17.3 Å². The normalized spacial score (nSPS) is 20.4. The van der Waals surface area contributed by atoms with Crippen LogP contribution in [0.25, 0.3) is 0 Å². The van der Waals surface area contributed by atoms with Crippen LogP contribution in [-0.4, -0.2) is 26.3 Å². The van der Waals surface area contributed by atoms with Crippen LogP contribution in [0, 0.1) is 5.82 Å². The van der Waals surface area contributed by atoms with Gasteiger partial charge in [-0.25, -0.2) is 4.39 Å². The number of methoxy groups -OCH3 is 1. The molecule has 1 atom stereocenters. The van der Waals surface area contributed by atoms with Crippen LogP contribution in [0.15, 0.2) is 18.2 Å². The number of benzene rings is 1. The van der Waals surface area contributed by atoms with Crippen molar-refractivity contribution in [3.8, 4) is 0 Å². The monoisotopic (exact) mass is 243 g/mol. The Balaban J connectivity index is 2.17. The first kappa shape index (κ1) is 11.7. The zero-order chi connectivity index (χ0) is 11.5. The average molecular weight is 244 g/mol. The van der Waals surface area contributed by atoms with Crippen molar-refractivity contribution in [3.05, 3.63) is 29.6 Å². The van der Waals surface area contributed by atoms with E-state index in [9.17, 15) is 4.39 Å². The zero-order valence-corrected chi connectivity index (χ0v) is 10.0. The summed E-state index contributed by atoms with van der Waals surface area (Å²) >= 11 is 5.72. The second-order valence-corrected chi connectivity index (χ2v) is 4.31. The molecule has 1 aliphatic heterocycles. The minimum Gasteiger partial charge on any atom is -0.380 e. The Labute approximate surface area is 100.0 Å². The third kappa shape index (κ3) is 2.47. The van der Waals surface area contributed by atoms with E-state index in [-0.39, 0.29) is 11.9 Å². The fourth-order valence-corrected chi connectivity index (χ4v) is 2.20. The molecule has 0 aromatic heterocycles. The van der Waals surface area contributed by atoms with Crippen LogP contribution in [-0.2, 0) is 10.6 Å². The third-order valence-electron chi connectivity index (χ3n) is 2.94. The van der Waals surface area contributed by atoms with Gasteiger partial charge in [0, 0.05) is 31.8 Å². The van der Waals surface area contributed by atoms with E-state index in [1.807, 2.05) is 6.07 Å². The summed E-state index contributed by atoms with van der Waals surface area (Å²) in [6.07, 6.45) is 1.24. The second kappa shape index (κ2) is 5.02. The maximum atomic E-state index is 13.3. The van der Waals surface area contributed by atoms with Crippen molar-refractivity contribution in [1.29, 1.82) is 0 Å². The molecule has 2 rings (SSSR count). The van der Waals surface area contributed by atoms with Gasteiger partial charge >= 0.3 is 0 Å². The van der Waals surface area contributed by atoms with E-state index in [4.69, 9.17) is 16.3 Å². The van der Waals surface area contributed by atoms with Gasteiger partial charge < -0.3 is 9.64 Å². The first-order valence-electron chi connectivity index (χ1n) is 5.36. The molecule has 0 amide bonds. The Kier molecular flexibility index (Phi) is 3.66. The maximum Gasteiger partial charge on any atom is 0.125 e. The summed E-state index contributed by atoms with van der Waals surface area (Å²) in [5.41, 5.74) is 1.72. The molecule has 4 heteroatoms. The van der Waals surface area contributed by atoms with Gasteiger partial charge in [-0.2, -0.15) is 0 Å². The summed E-state index contributed by atoms with van der Waals surface area (Å²) in [5.74, 6) is 0.112. The largest absolute Gasteiger partial charge is 0.380 e. The lowest BCUT2D eigenvalue weighted by atomic mass is 10.2. The average Bonchev–Trinajstić information content (AvgIpc) is 2.76. The van der Waals surface area contributed by atoms with E-state index < -0.39 is 0 Å². The van der Waals surface area contributed by atoms with Crippen LogP contribution in [0.4, 0.5) is 10.1 Å². The molecule has 1 fully saturated rings. The van der Waals surface area contributed by atoms with Crippen molar-refractivity contribution in [2.24, 2.45) is 0 Å². The smallest absolute Gasteiger partial charge is 0.125 e. The molecule has 0 spiro atoms. The molecule has 1 heterocycles. The van der Waals surface area contributed by atoms with Crippen LogP contribution < -0.4 is 4.90 Å². The second-order valence-electron chi connectivity index (χ2n) is 4.04. The quantitative estimate of drug-likeness (QED) is 0.757. The number of hydrogen-bond donors (Lipinski definition) is 0. The molecule has 0 N–H and O–H groups in total. The van der Waals surface area contributed by atoms with Gasteiger partial charge in [0.25, 0.3) is 0 Å². The number of rotatable bonds is 3. The van der Waals surface area contributed by atoms with Crippen molar-refractivity contribution < 1.29 is 9.13 Å². The lowest BCUT2D eigenvalue weighted by molar-refractivity contribution is 0.121. The van der Waals surface area contributed by atoms with Crippen LogP contribution in [0.3, 0.4) is 0 Å². The zero-order valence-electron chi connectivity index (χ0n) is 9.25. The highest BCUT2D eigenvalue weighted by molar-refractivity contribution is 6.17. The highest BCUT2D eigenvalue weighted by atomic mass is 35.5. The summed E-state index contributed by atoms with van der Waals surface area (Å²) in [4.78, 5) is 2.13. The van der Waals surface area contributed by atoms with Crippen molar-refractivity contribution in [2.45, 2.75) is 18.4 Å². The van der Waals surface area contributed by atoms with Crippen molar-refractivity contribution in [2.75, 3.05) is 25.1 Å². The molecule has 0 radical (unpaired) electrons. The minimum atomic E-state index is -0.228. The Morgan fingerprint density at radius 3 is 2.94 bits per heavy atom. The van der Waals surface area contributed by atoms with E-state index in [0.29, 0.717) is 5.88 Å². The lowest BCUT2D eigenvalue weighted by Gasteiger charge is -2.19. The Morgan fingerprint density at radius 2 is 2.31 bits per heavy atom. The molecule has 0 aliphatic carbocycles. The van der Waals surface area contributed by atoms with Gasteiger partial charge in [0.05, 0.1) is 6.10 Å². The molecular weight excluding hydrogens is 229 g/mol. The van der Waals surface area contributed by atoms with E-state index in [1.54, 1.807) is 13.2 Å². The molecule has 0 saturated carbocycles. The maximum absolute atomic E-state index is 13.3. The van der Waals surface area contributed by atoms with E-state index >= 15 is 0 Å². The summed E-state index contributed by atoms with van der Waals surface area (Å²) in [5, 5.41) is 0. The third-order valence-corrected chi connectivity index (χ3v) is 3.25. The van der Waals surface area contributed by atoms with Crippen molar-refractivity contribution in [1.82, 2.24) is 0 Å². The van der Waals surface area contributed by atoms with Gasteiger partial charge in [0.15, 0.2) is 0 Å². The molecule has 16 heavy (non-hydrogen) atoms. The van der Waals surface area contributed by atoms with Gasteiger partial charge in [0.2, 0.25) is 0 Å². The lowest BCUT2D eigenvalue weighted by Crippen LogP contribution is -2.22. The highest BCUT2D eigenvalue weighted by Crippen LogP contribution is 2.24. The standard InChI is InChI=1S/C12H15ClFNO/c1-16-12-2-3-15(8-12)11-5-9(7-13)4-10(14)6-11/h4-6,12H,2-3,7-8H2,1H3. The molecule has 1 unspecified atom stereocenters. The molecular formula is C12H15ClFNO. The molecule has 2 nitrogen and oxygen atoms in total. The van der Waals surface area contributed by atoms with Gasteiger partial charge in [-0.1, -0.05) is 0 Å². The fourth-order valence-electron chi connectivity index (χ4n) is 2.05. The van der Waals surface area contributed by atoms with E-state index in [0.717, 1.165) is 30.8 Å². The first-order chi connectivity index (χ1) is 7.72. The Morgan fingerprint density at radius 1 is 1.50 bits per heavy atom. The summed E-state index contributed by atoms with van der Waals surface area (Å²) in [6.45, 7) is 1.73. The van der Waals surface area contributed by atoms with Gasteiger partial charge in [-0.15, -0.1) is 11.6 Å². The van der Waals surface area contributed by atoms with Crippen molar-refractivity contribution in [3.63, 3.8) is 0 Å². The van der Waals surface area contributed by atoms with Gasteiger partial charge in [-0.3, -0.25) is 0 Å². The molecule has 1 aromatic carbocycles. The van der Waals surface area contributed by atoms with E-state index in [1.165, 1.54) is 6.07 Å². The minimum absolute atomic E-state index is 0.228. The summed E-state index contributed by atoms with van der Waals surface area (Å²) in [6, 6.07) is 4.96. The topological polar surface area (TPSA) is 12.5 Å². The van der Waals surface area contributed by atoms with Gasteiger partial charge in [0.1, 0.15) is 5.82 Å². The Hall–Kier alpha value is -0.800. The van der Waals surface area contributed by atoms with Crippen LogP contribution in [0.2, 0.25) is 0 Å². The highest BCUT2D eigenvalue weighted by Gasteiger charge is 2.22. The number of ether oxygens (including phenoxy) is 1. The Bertz CT molecular complexity index is 372. The SMILES string of the molecule is COC1CCN(c2cc(F)cc(CCl)c2)C1. The summed E-state index contributed by atoms with van der Waals surface area (Å²) in [7, 11) is 1.71. The number of alkyl halides is 1. The number of anilines is 1. The van der Waals surface area contributed by atoms with Gasteiger partial charge in [-0.05, 0) is 30.2 Å². The summed E-state index contributed by atoms with van der Waals surface area (Å²) < 4.78 is 18.6. The van der Waals surface area contributed by atoms with Crippen LogP contribution in [0.1, 0.15) is 12.0 Å². The molecule has 1 aromatic rings. The fraction of sp³-hybridized carbons (Fsp3) is 0.500. The van der Waals surface area contributed by atoms with Crippen LogP contribution in [0.5, 0.6) is 0 Å². The first-order valence-corrected chi connectivity index (χ1v) is 5.89. The predicted molar refractivity (Wildman–Crippen MR) is 63.6 cm³/mol. The molecule has 0 bridgehead atoms. The molecule has 1 aliphatic rings. The predicted octanol–water partition coefficient (Wildman–Crippen LogP) is 2.79. The van der Waals surface area contributed by atoms with Crippen LogP contribution >= 0.6 is 11.6 Å².